The second kappa shape index (κ2) is 8.39. The van der Waals surface area contributed by atoms with E-state index in [2.05, 4.69) is 23.5 Å². The van der Waals surface area contributed by atoms with Gasteiger partial charge in [-0.2, -0.15) is 4.31 Å². The van der Waals surface area contributed by atoms with Crippen LogP contribution >= 0.6 is 11.6 Å². The third-order valence-corrected chi connectivity index (χ3v) is 8.53. The molecular weight excluding hydrogens is 440 g/mol. The maximum absolute atomic E-state index is 13.3. The number of nitrogens with zero attached hydrogens (tertiary/aromatic N) is 1. The zero-order valence-electron chi connectivity index (χ0n) is 17.8. The van der Waals surface area contributed by atoms with Crippen LogP contribution in [-0.2, 0) is 16.6 Å². The first kappa shape index (κ1) is 21.3. The maximum atomic E-state index is 13.3. The van der Waals surface area contributed by atoms with Crippen LogP contribution in [0.1, 0.15) is 35.1 Å². The standard InChI is InChI=1S/C26H25ClN2O2S/c1-29(17-18-7-3-2-4-8-18)32(30,31)21-13-14-25-24(16-21)22-11-6-12-23(22)26(28-25)19-9-5-10-20(27)15-19/h2-11,13-16,22-23,26,28H,12,17H2,1H3. The molecule has 6 heteroatoms. The zero-order chi connectivity index (χ0) is 22.3. The van der Waals surface area contributed by atoms with Gasteiger partial charge in [0.25, 0.3) is 0 Å². The largest absolute Gasteiger partial charge is 0.378 e. The monoisotopic (exact) mass is 464 g/mol. The van der Waals surface area contributed by atoms with E-state index in [1.54, 1.807) is 13.1 Å². The summed E-state index contributed by atoms with van der Waals surface area (Å²) in [6, 6.07) is 23.2. The number of hydrogen-bond acceptors (Lipinski definition) is 3. The number of rotatable bonds is 5. The highest BCUT2D eigenvalue weighted by Crippen LogP contribution is 2.50. The van der Waals surface area contributed by atoms with Crippen LogP contribution in [0.15, 0.2) is 89.8 Å². The Labute approximate surface area is 194 Å². The summed E-state index contributed by atoms with van der Waals surface area (Å²) in [6.07, 6.45) is 5.36. The minimum absolute atomic E-state index is 0.129. The van der Waals surface area contributed by atoms with Gasteiger partial charge in [0.15, 0.2) is 0 Å². The molecule has 0 aromatic heterocycles. The second-order valence-corrected chi connectivity index (χ2v) is 11.0. The van der Waals surface area contributed by atoms with E-state index < -0.39 is 10.0 Å². The molecule has 0 fully saturated rings. The molecule has 4 nitrogen and oxygen atoms in total. The van der Waals surface area contributed by atoms with E-state index in [1.165, 1.54) is 4.31 Å². The molecule has 32 heavy (non-hydrogen) atoms. The Hall–Kier alpha value is -2.60. The predicted octanol–water partition coefficient (Wildman–Crippen LogP) is 5.99. The number of anilines is 1. The minimum Gasteiger partial charge on any atom is -0.378 e. The number of sulfonamides is 1. The van der Waals surface area contributed by atoms with Crippen LogP contribution in [0.4, 0.5) is 5.69 Å². The van der Waals surface area contributed by atoms with E-state index in [-0.39, 0.29) is 12.0 Å². The summed E-state index contributed by atoms with van der Waals surface area (Å²) in [6.45, 7) is 0.335. The van der Waals surface area contributed by atoms with E-state index >= 15 is 0 Å². The highest BCUT2D eigenvalue weighted by Gasteiger charge is 2.38. The third kappa shape index (κ3) is 3.85. The fraction of sp³-hybridized carbons (Fsp3) is 0.231. The molecule has 3 aromatic carbocycles. The summed E-state index contributed by atoms with van der Waals surface area (Å²) in [5.74, 6) is 0.491. The van der Waals surface area contributed by atoms with Crippen molar-refractivity contribution in [3.05, 3.63) is 107 Å². The molecule has 5 rings (SSSR count). The first-order valence-electron chi connectivity index (χ1n) is 10.8. The zero-order valence-corrected chi connectivity index (χ0v) is 19.4. The van der Waals surface area contributed by atoms with Crippen LogP contribution < -0.4 is 5.32 Å². The third-order valence-electron chi connectivity index (χ3n) is 6.50. The summed E-state index contributed by atoms with van der Waals surface area (Å²) >= 11 is 6.25. The number of allylic oxidation sites excluding steroid dienone is 2. The van der Waals surface area contributed by atoms with Gasteiger partial charge in [-0.3, -0.25) is 0 Å². The lowest BCUT2D eigenvalue weighted by atomic mass is 9.77. The van der Waals surface area contributed by atoms with Crippen molar-refractivity contribution in [2.24, 2.45) is 5.92 Å². The van der Waals surface area contributed by atoms with Crippen molar-refractivity contribution in [1.82, 2.24) is 4.31 Å². The topological polar surface area (TPSA) is 49.4 Å². The van der Waals surface area contributed by atoms with Gasteiger partial charge < -0.3 is 5.32 Å². The summed E-state index contributed by atoms with van der Waals surface area (Å²) < 4.78 is 28.0. The number of nitrogens with one attached hydrogen (secondary N) is 1. The molecule has 164 valence electrons. The van der Waals surface area contributed by atoms with Crippen LogP contribution in [-0.4, -0.2) is 19.8 Å². The van der Waals surface area contributed by atoms with E-state index in [0.717, 1.165) is 33.8 Å². The average Bonchev–Trinajstić information content (AvgIpc) is 3.29. The van der Waals surface area contributed by atoms with Crippen LogP contribution in [0, 0.1) is 5.92 Å². The molecule has 0 saturated carbocycles. The normalized spacial score (nSPS) is 21.8. The lowest BCUT2D eigenvalue weighted by Crippen LogP contribution is -2.30. The molecule has 1 heterocycles. The van der Waals surface area contributed by atoms with Gasteiger partial charge in [-0.05, 0) is 59.4 Å². The summed E-state index contributed by atoms with van der Waals surface area (Å²) in [4.78, 5) is 0.330. The van der Waals surface area contributed by atoms with Crippen molar-refractivity contribution in [3.63, 3.8) is 0 Å². The molecule has 0 radical (unpaired) electrons. The second-order valence-electron chi connectivity index (χ2n) is 8.53. The van der Waals surface area contributed by atoms with Crippen molar-refractivity contribution in [2.75, 3.05) is 12.4 Å². The van der Waals surface area contributed by atoms with Gasteiger partial charge in [0.05, 0.1) is 10.9 Å². The summed E-state index contributed by atoms with van der Waals surface area (Å²) in [5.41, 5.74) is 4.13. The van der Waals surface area contributed by atoms with Crippen molar-refractivity contribution in [2.45, 2.75) is 29.8 Å². The Kier molecular flexibility index (Phi) is 5.58. The molecule has 1 aliphatic heterocycles. The molecular formula is C26H25ClN2O2S. The van der Waals surface area contributed by atoms with Gasteiger partial charge >= 0.3 is 0 Å². The Bertz CT molecular complexity index is 1270. The summed E-state index contributed by atoms with van der Waals surface area (Å²) in [7, 11) is -1.97. The minimum atomic E-state index is -3.61. The Morgan fingerprint density at radius 2 is 1.84 bits per heavy atom. The van der Waals surface area contributed by atoms with Crippen LogP contribution in [0.25, 0.3) is 0 Å². The molecule has 0 amide bonds. The predicted molar refractivity (Wildman–Crippen MR) is 129 cm³/mol. The van der Waals surface area contributed by atoms with Crippen molar-refractivity contribution >= 4 is 27.3 Å². The van der Waals surface area contributed by atoms with E-state index in [1.807, 2.05) is 60.7 Å². The van der Waals surface area contributed by atoms with Gasteiger partial charge in [0, 0.05) is 30.2 Å². The smallest absolute Gasteiger partial charge is 0.243 e. The molecule has 2 aliphatic rings. The van der Waals surface area contributed by atoms with Gasteiger partial charge in [-0.1, -0.05) is 66.2 Å². The van der Waals surface area contributed by atoms with Crippen LogP contribution in [0.5, 0.6) is 0 Å². The molecule has 3 atom stereocenters. The van der Waals surface area contributed by atoms with Gasteiger partial charge in [-0.15, -0.1) is 0 Å². The van der Waals surface area contributed by atoms with Crippen LogP contribution in [0.2, 0.25) is 5.02 Å². The molecule has 0 saturated heterocycles. The number of hydrogen-bond donors (Lipinski definition) is 1. The number of fused-ring (bicyclic) bond motifs is 3. The highest BCUT2D eigenvalue weighted by atomic mass is 35.5. The fourth-order valence-electron chi connectivity index (χ4n) is 4.87. The van der Waals surface area contributed by atoms with Gasteiger partial charge in [-0.25, -0.2) is 8.42 Å². The quantitative estimate of drug-likeness (QED) is 0.472. The average molecular weight is 465 g/mol. The van der Waals surface area contributed by atoms with Crippen LogP contribution in [0.3, 0.4) is 0 Å². The Morgan fingerprint density at radius 3 is 2.62 bits per heavy atom. The SMILES string of the molecule is CN(Cc1ccccc1)S(=O)(=O)c1ccc2c(c1)C1C=CCC1C(c1cccc(Cl)c1)N2. The molecule has 1 N–H and O–H groups in total. The Balaban J connectivity index is 1.47. The van der Waals surface area contributed by atoms with E-state index in [0.29, 0.717) is 17.4 Å². The van der Waals surface area contributed by atoms with E-state index in [4.69, 9.17) is 11.6 Å². The number of benzene rings is 3. The molecule has 1 aliphatic carbocycles. The van der Waals surface area contributed by atoms with Gasteiger partial charge in [0.2, 0.25) is 10.0 Å². The van der Waals surface area contributed by atoms with E-state index in [9.17, 15) is 8.42 Å². The lowest BCUT2D eigenvalue weighted by Gasteiger charge is -2.38. The highest BCUT2D eigenvalue weighted by molar-refractivity contribution is 7.89. The number of halogens is 1. The molecule has 3 unspecified atom stereocenters. The van der Waals surface area contributed by atoms with Gasteiger partial charge in [0.1, 0.15) is 0 Å². The Morgan fingerprint density at radius 1 is 1.03 bits per heavy atom. The summed E-state index contributed by atoms with van der Waals surface area (Å²) in [5, 5.41) is 4.38. The first-order valence-corrected chi connectivity index (χ1v) is 12.6. The van der Waals surface area contributed by atoms with Crippen molar-refractivity contribution in [1.29, 1.82) is 0 Å². The molecule has 3 aromatic rings. The first-order chi connectivity index (χ1) is 15.4. The molecule has 0 bridgehead atoms. The maximum Gasteiger partial charge on any atom is 0.243 e. The molecule has 0 spiro atoms. The lowest BCUT2D eigenvalue weighted by molar-refractivity contribution is 0.424. The van der Waals surface area contributed by atoms with Crippen molar-refractivity contribution < 1.29 is 8.42 Å². The fourth-order valence-corrected chi connectivity index (χ4v) is 6.26. The van der Waals surface area contributed by atoms with Crippen molar-refractivity contribution in [3.8, 4) is 0 Å².